The zero-order valence-corrected chi connectivity index (χ0v) is 15.1. The molecule has 1 aliphatic heterocycles. The summed E-state index contributed by atoms with van der Waals surface area (Å²) in [5, 5.41) is 12.8. The van der Waals surface area contributed by atoms with Gasteiger partial charge < -0.3 is 19.7 Å². The Morgan fingerprint density at radius 1 is 1.35 bits per heavy atom. The zero-order valence-electron chi connectivity index (χ0n) is 15.1. The van der Waals surface area contributed by atoms with Gasteiger partial charge in [0.1, 0.15) is 11.9 Å². The monoisotopic (exact) mass is 356 g/mol. The zero-order chi connectivity index (χ0) is 18.7. The molecule has 3 rings (SSSR count). The highest BCUT2D eigenvalue weighted by molar-refractivity contribution is 6.00. The highest BCUT2D eigenvalue weighted by atomic mass is 16.4. The predicted molar refractivity (Wildman–Crippen MR) is 97.7 cm³/mol. The molecule has 0 spiro atoms. The van der Waals surface area contributed by atoms with Crippen LogP contribution < -0.4 is 10.2 Å². The minimum Gasteiger partial charge on any atom is -0.467 e. The largest absolute Gasteiger partial charge is 0.467 e. The first-order valence-corrected chi connectivity index (χ1v) is 8.82. The van der Waals surface area contributed by atoms with E-state index in [0.717, 1.165) is 11.3 Å². The number of aliphatic hydroxyl groups excluding tert-OH is 1. The first-order valence-electron chi connectivity index (χ1n) is 8.82. The molecule has 1 aromatic carbocycles. The number of rotatable bonds is 6. The Labute approximate surface area is 152 Å². The lowest BCUT2D eigenvalue weighted by atomic mass is 10.1. The van der Waals surface area contributed by atoms with Crippen molar-refractivity contribution >= 4 is 17.5 Å². The third kappa shape index (κ3) is 3.96. The highest BCUT2D eigenvalue weighted by Gasteiger charge is 2.35. The normalized spacial score (nSPS) is 18.2. The molecule has 1 saturated heterocycles. The Hall–Kier alpha value is -2.60. The maximum absolute atomic E-state index is 12.4. The molecule has 26 heavy (non-hydrogen) atoms. The Morgan fingerprint density at radius 3 is 2.85 bits per heavy atom. The topological polar surface area (TPSA) is 82.8 Å². The maximum atomic E-state index is 12.4. The average Bonchev–Trinajstić information content (AvgIpc) is 3.27. The number of aryl methyl sites for hydroxylation is 2. The van der Waals surface area contributed by atoms with Crippen LogP contribution in [0.5, 0.6) is 0 Å². The van der Waals surface area contributed by atoms with Crippen LogP contribution in [0, 0.1) is 19.8 Å². The average molecular weight is 356 g/mol. The molecule has 0 saturated carbocycles. The van der Waals surface area contributed by atoms with E-state index in [4.69, 9.17) is 4.42 Å². The molecule has 2 unspecified atom stereocenters. The summed E-state index contributed by atoms with van der Waals surface area (Å²) in [4.78, 5) is 26.4. The van der Waals surface area contributed by atoms with Crippen LogP contribution in [-0.4, -0.2) is 30.0 Å². The number of carbonyl (C=O) groups is 2. The molecule has 2 atom stereocenters. The van der Waals surface area contributed by atoms with Crippen LogP contribution in [0.25, 0.3) is 0 Å². The quantitative estimate of drug-likeness (QED) is 0.833. The molecule has 0 radical (unpaired) electrons. The molecule has 2 heterocycles. The standard InChI is InChI=1S/C20H24N2O4/c1-13-5-6-16(10-14(13)2)22-12-15(11-19(22)24)20(25)21-8-7-17(23)18-4-3-9-26-18/h3-6,9-10,15,17,23H,7-8,11-12H2,1-2H3,(H,21,25). The fourth-order valence-electron chi connectivity index (χ4n) is 3.13. The molecule has 0 bridgehead atoms. The van der Waals surface area contributed by atoms with Crippen molar-refractivity contribution in [3.8, 4) is 0 Å². The second kappa shape index (κ2) is 7.74. The molecule has 138 valence electrons. The summed E-state index contributed by atoms with van der Waals surface area (Å²) in [6.45, 7) is 4.75. The summed E-state index contributed by atoms with van der Waals surface area (Å²) in [6, 6.07) is 9.29. The van der Waals surface area contributed by atoms with E-state index in [1.807, 2.05) is 32.0 Å². The number of anilines is 1. The van der Waals surface area contributed by atoms with Crippen molar-refractivity contribution in [1.82, 2.24) is 5.32 Å². The van der Waals surface area contributed by atoms with Gasteiger partial charge in [-0.1, -0.05) is 6.07 Å². The molecule has 6 nitrogen and oxygen atoms in total. The van der Waals surface area contributed by atoms with E-state index < -0.39 is 6.10 Å². The summed E-state index contributed by atoms with van der Waals surface area (Å²) in [6.07, 6.45) is 1.32. The summed E-state index contributed by atoms with van der Waals surface area (Å²) >= 11 is 0. The van der Waals surface area contributed by atoms with Crippen LogP contribution in [0.2, 0.25) is 0 Å². The van der Waals surface area contributed by atoms with E-state index in [-0.39, 0.29) is 24.2 Å². The van der Waals surface area contributed by atoms with Crippen molar-refractivity contribution in [3.05, 3.63) is 53.5 Å². The second-order valence-corrected chi connectivity index (χ2v) is 6.78. The number of carbonyl (C=O) groups excluding carboxylic acids is 2. The van der Waals surface area contributed by atoms with Gasteiger partial charge in [-0.15, -0.1) is 0 Å². The van der Waals surface area contributed by atoms with E-state index in [0.29, 0.717) is 25.3 Å². The second-order valence-electron chi connectivity index (χ2n) is 6.78. The van der Waals surface area contributed by atoms with Gasteiger partial charge in [-0.2, -0.15) is 0 Å². The van der Waals surface area contributed by atoms with Gasteiger partial charge in [-0.05, 0) is 55.7 Å². The number of nitrogens with one attached hydrogen (secondary N) is 1. The van der Waals surface area contributed by atoms with E-state index in [2.05, 4.69) is 5.32 Å². The SMILES string of the molecule is Cc1ccc(N2CC(C(=O)NCCC(O)c3ccco3)CC2=O)cc1C. The predicted octanol–water partition coefficient (Wildman–Crippen LogP) is 2.49. The van der Waals surface area contributed by atoms with Gasteiger partial charge in [0.2, 0.25) is 11.8 Å². The number of hydrogen-bond acceptors (Lipinski definition) is 4. The number of amides is 2. The van der Waals surface area contributed by atoms with Gasteiger partial charge in [-0.25, -0.2) is 0 Å². The van der Waals surface area contributed by atoms with Crippen LogP contribution >= 0.6 is 0 Å². The van der Waals surface area contributed by atoms with E-state index in [9.17, 15) is 14.7 Å². The lowest BCUT2D eigenvalue weighted by molar-refractivity contribution is -0.126. The van der Waals surface area contributed by atoms with Gasteiger partial charge >= 0.3 is 0 Å². The number of hydrogen-bond donors (Lipinski definition) is 2. The number of aliphatic hydroxyl groups is 1. The smallest absolute Gasteiger partial charge is 0.227 e. The van der Waals surface area contributed by atoms with Gasteiger partial charge in [-0.3, -0.25) is 9.59 Å². The van der Waals surface area contributed by atoms with Crippen LogP contribution in [0.4, 0.5) is 5.69 Å². The molecule has 6 heteroatoms. The molecular weight excluding hydrogens is 332 g/mol. The molecule has 2 N–H and O–H groups in total. The van der Waals surface area contributed by atoms with E-state index in [1.54, 1.807) is 17.0 Å². The van der Waals surface area contributed by atoms with Crippen LogP contribution in [0.1, 0.15) is 35.8 Å². The number of nitrogens with zero attached hydrogens (tertiary/aromatic N) is 1. The fraction of sp³-hybridized carbons (Fsp3) is 0.400. The molecular formula is C20H24N2O4. The lowest BCUT2D eigenvalue weighted by Crippen LogP contribution is -2.34. The van der Waals surface area contributed by atoms with Gasteiger partial charge in [0.15, 0.2) is 0 Å². The molecule has 1 aliphatic rings. The van der Waals surface area contributed by atoms with Crippen LogP contribution in [0.15, 0.2) is 41.0 Å². The molecule has 1 aromatic heterocycles. The van der Waals surface area contributed by atoms with Gasteiger partial charge in [0.25, 0.3) is 0 Å². The highest BCUT2D eigenvalue weighted by Crippen LogP contribution is 2.27. The molecule has 0 aliphatic carbocycles. The third-order valence-corrected chi connectivity index (χ3v) is 4.89. The molecule has 2 aromatic rings. The summed E-state index contributed by atoms with van der Waals surface area (Å²) in [5.41, 5.74) is 3.13. The Bertz CT molecular complexity index is 785. The number of benzene rings is 1. The first-order chi connectivity index (χ1) is 12.5. The fourth-order valence-corrected chi connectivity index (χ4v) is 3.13. The summed E-state index contributed by atoms with van der Waals surface area (Å²) in [5.74, 6) is -0.0820. The number of furan rings is 1. The lowest BCUT2D eigenvalue weighted by Gasteiger charge is -2.18. The molecule has 1 fully saturated rings. The van der Waals surface area contributed by atoms with E-state index >= 15 is 0 Å². The summed E-state index contributed by atoms with van der Waals surface area (Å²) in [7, 11) is 0. The van der Waals surface area contributed by atoms with Crippen LogP contribution in [0.3, 0.4) is 0 Å². The van der Waals surface area contributed by atoms with E-state index in [1.165, 1.54) is 11.8 Å². The van der Waals surface area contributed by atoms with Crippen LogP contribution in [-0.2, 0) is 9.59 Å². The maximum Gasteiger partial charge on any atom is 0.227 e. The Morgan fingerprint density at radius 2 is 2.15 bits per heavy atom. The summed E-state index contributed by atoms with van der Waals surface area (Å²) < 4.78 is 5.13. The van der Waals surface area contributed by atoms with Crippen molar-refractivity contribution in [2.75, 3.05) is 18.0 Å². The third-order valence-electron chi connectivity index (χ3n) is 4.89. The van der Waals surface area contributed by atoms with Crippen molar-refractivity contribution in [2.45, 2.75) is 32.8 Å². The Balaban J connectivity index is 1.52. The van der Waals surface area contributed by atoms with Crippen molar-refractivity contribution < 1.29 is 19.1 Å². The molecule has 2 amide bonds. The minimum absolute atomic E-state index is 0.0379. The van der Waals surface area contributed by atoms with Crippen molar-refractivity contribution in [3.63, 3.8) is 0 Å². The van der Waals surface area contributed by atoms with Crippen molar-refractivity contribution in [2.24, 2.45) is 5.92 Å². The first kappa shape index (κ1) is 18.2. The van der Waals surface area contributed by atoms with Crippen molar-refractivity contribution in [1.29, 1.82) is 0 Å². The Kier molecular flexibility index (Phi) is 5.42. The minimum atomic E-state index is -0.748. The van der Waals surface area contributed by atoms with Gasteiger partial charge in [0.05, 0.1) is 12.2 Å². The van der Waals surface area contributed by atoms with Gasteiger partial charge in [0, 0.05) is 25.2 Å².